The fraction of sp³-hybridized carbons (Fsp3) is 0.238. The Morgan fingerprint density at radius 1 is 1.00 bits per heavy atom. The van der Waals surface area contributed by atoms with Gasteiger partial charge in [0, 0.05) is 18.5 Å². The zero-order valence-corrected chi connectivity index (χ0v) is 16.4. The summed E-state index contributed by atoms with van der Waals surface area (Å²) in [7, 11) is -3.54. The Labute approximate surface area is 167 Å². The van der Waals surface area contributed by atoms with Crippen molar-refractivity contribution < 1.29 is 27.2 Å². The number of sulfonamides is 1. The lowest BCUT2D eigenvalue weighted by Gasteiger charge is -2.15. The van der Waals surface area contributed by atoms with E-state index in [0.717, 1.165) is 18.2 Å². The van der Waals surface area contributed by atoms with Gasteiger partial charge in [0.25, 0.3) is 0 Å². The minimum Gasteiger partial charge on any atom is -0.454 e. The highest BCUT2D eigenvalue weighted by Crippen LogP contribution is 2.22. The fourth-order valence-corrected chi connectivity index (χ4v) is 4.76. The molecule has 3 aromatic rings. The number of para-hydroxylation sites is 1. The van der Waals surface area contributed by atoms with Crippen molar-refractivity contribution in [1.29, 1.82) is 0 Å². The van der Waals surface area contributed by atoms with Crippen LogP contribution in [0, 0.1) is 0 Å². The fourth-order valence-electron chi connectivity index (χ4n) is 3.25. The van der Waals surface area contributed by atoms with Crippen LogP contribution in [0.25, 0.3) is 11.0 Å². The molecule has 7 nitrogen and oxygen atoms in total. The predicted octanol–water partition coefficient (Wildman–Crippen LogP) is 3.26. The van der Waals surface area contributed by atoms with Gasteiger partial charge in [-0.15, -0.1) is 0 Å². The van der Waals surface area contributed by atoms with Gasteiger partial charge in [-0.1, -0.05) is 18.2 Å². The molecule has 1 fully saturated rings. The van der Waals surface area contributed by atoms with Crippen LogP contribution in [0.2, 0.25) is 0 Å². The molecule has 2 heterocycles. The van der Waals surface area contributed by atoms with Gasteiger partial charge in [-0.25, -0.2) is 13.2 Å². The molecular weight excluding hydrogens is 394 g/mol. The van der Waals surface area contributed by atoms with E-state index in [1.165, 1.54) is 28.6 Å². The van der Waals surface area contributed by atoms with Crippen molar-refractivity contribution in [2.75, 3.05) is 19.7 Å². The van der Waals surface area contributed by atoms with Gasteiger partial charge in [-0.05, 0) is 49.2 Å². The Morgan fingerprint density at radius 3 is 2.38 bits per heavy atom. The number of carbonyl (C=O) groups is 2. The molecule has 1 aliphatic heterocycles. The monoisotopic (exact) mass is 413 g/mol. The van der Waals surface area contributed by atoms with Gasteiger partial charge in [0.05, 0.1) is 10.5 Å². The first-order valence-electron chi connectivity index (χ1n) is 9.24. The number of ether oxygens (including phenoxy) is 1. The second kappa shape index (κ2) is 7.81. The van der Waals surface area contributed by atoms with Crippen LogP contribution in [-0.4, -0.2) is 44.2 Å². The maximum absolute atomic E-state index is 12.5. The van der Waals surface area contributed by atoms with Crippen molar-refractivity contribution in [2.24, 2.45) is 0 Å². The number of ketones is 1. The number of hydrogen-bond acceptors (Lipinski definition) is 6. The molecule has 150 valence electrons. The molecular formula is C21H19NO6S. The lowest BCUT2D eigenvalue weighted by Crippen LogP contribution is -2.27. The molecule has 0 N–H and O–H groups in total. The number of furan rings is 1. The molecule has 4 rings (SSSR count). The molecule has 0 radical (unpaired) electrons. The van der Waals surface area contributed by atoms with Crippen molar-refractivity contribution in [3.8, 4) is 0 Å². The standard InChI is InChI=1S/C21H19NO6S/c23-18(20-13-16-5-1-2-6-19(16)28-20)14-27-21(24)15-7-9-17(10-8-15)29(25,26)22-11-3-4-12-22/h1-2,5-10,13H,3-4,11-12,14H2. The lowest BCUT2D eigenvalue weighted by atomic mass is 10.2. The number of Topliss-reactive ketones (excluding diaryl/α,β-unsaturated/α-hetero) is 1. The summed E-state index contributed by atoms with van der Waals surface area (Å²) in [4.78, 5) is 24.6. The number of carbonyl (C=O) groups excluding carboxylic acids is 2. The third kappa shape index (κ3) is 3.94. The lowest BCUT2D eigenvalue weighted by molar-refractivity contribution is 0.0468. The zero-order valence-electron chi connectivity index (χ0n) is 15.5. The first kappa shape index (κ1) is 19.4. The Kier molecular flexibility index (Phi) is 5.21. The van der Waals surface area contributed by atoms with Crippen molar-refractivity contribution in [3.63, 3.8) is 0 Å². The van der Waals surface area contributed by atoms with E-state index >= 15 is 0 Å². The van der Waals surface area contributed by atoms with E-state index in [1.807, 2.05) is 12.1 Å². The van der Waals surface area contributed by atoms with E-state index in [-0.39, 0.29) is 16.2 Å². The van der Waals surface area contributed by atoms with Gasteiger partial charge in [0.15, 0.2) is 12.4 Å². The van der Waals surface area contributed by atoms with Crippen LogP contribution < -0.4 is 0 Å². The maximum Gasteiger partial charge on any atom is 0.338 e. The summed E-state index contributed by atoms with van der Waals surface area (Å²) in [5.74, 6) is -1.05. The Balaban J connectivity index is 1.40. The van der Waals surface area contributed by atoms with Gasteiger partial charge in [0.1, 0.15) is 5.58 Å². The molecule has 29 heavy (non-hydrogen) atoms. The van der Waals surface area contributed by atoms with Crippen LogP contribution in [0.15, 0.2) is 63.9 Å². The minimum absolute atomic E-state index is 0.117. The summed E-state index contributed by atoms with van der Waals surface area (Å²) in [5.41, 5.74) is 0.750. The molecule has 0 spiro atoms. The number of nitrogens with zero attached hydrogens (tertiary/aromatic N) is 1. The Hall–Kier alpha value is -2.97. The Morgan fingerprint density at radius 2 is 1.69 bits per heavy atom. The third-order valence-corrected chi connectivity index (χ3v) is 6.74. The maximum atomic E-state index is 12.5. The molecule has 1 saturated heterocycles. The van der Waals surface area contributed by atoms with Crippen LogP contribution in [0.4, 0.5) is 0 Å². The highest BCUT2D eigenvalue weighted by Gasteiger charge is 2.27. The first-order valence-corrected chi connectivity index (χ1v) is 10.7. The topological polar surface area (TPSA) is 93.9 Å². The van der Waals surface area contributed by atoms with Crippen molar-refractivity contribution in [3.05, 3.63) is 65.9 Å². The average molecular weight is 413 g/mol. The largest absolute Gasteiger partial charge is 0.454 e. The summed E-state index contributed by atoms with van der Waals surface area (Å²) in [5, 5.41) is 0.789. The summed E-state index contributed by atoms with van der Waals surface area (Å²) in [6.45, 7) is 0.554. The normalized spacial score (nSPS) is 14.9. The average Bonchev–Trinajstić information content (AvgIpc) is 3.42. The summed E-state index contributed by atoms with van der Waals surface area (Å²) >= 11 is 0. The third-order valence-electron chi connectivity index (χ3n) is 4.83. The molecule has 8 heteroatoms. The van der Waals surface area contributed by atoms with E-state index < -0.39 is 28.4 Å². The van der Waals surface area contributed by atoms with Crippen LogP contribution in [0.3, 0.4) is 0 Å². The van der Waals surface area contributed by atoms with Gasteiger partial charge >= 0.3 is 5.97 Å². The van der Waals surface area contributed by atoms with Crippen LogP contribution in [0.1, 0.15) is 33.8 Å². The van der Waals surface area contributed by atoms with E-state index in [9.17, 15) is 18.0 Å². The summed E-state index contributed by atoms with van der Waals surface area (Å²) in [6.07, 6.45) is 1.70. The SMILES string of the molecule is O=C(OCC(=O)c1cc2ccccc2o1)c1ccc(S(=O)(=O)N2CCCC2)cc1. The van der Waals surface area contributed by atoms with Gasteiger partial charge in [0.2, 0.25) is 15.8 Å². The molecule has 0 amide bonds. The highest BCUT2D eigenvalue weighted by molar-refractivity contribution is 7.89. The molecule has 1 aliphatic rings. The Bertz CT molecular complexity index is 1120. The second-order valence-electron chi connectivity index (χ2n) is 6.78. The van der Waals surface area contributed by atoms with Crippen molar-refractivity contribution in [1.82, 2.24) is 4.31 Å². The van der Waals surface area contributed by atoms with Gasteiger partial charge in [-0.2, -0.15) is 4.31 Å². The number of benzene rings is 2. The zero-order chi connectivity index (χ0) is 20.4. The van der Waals surface area contributed by atoms with E-state index in [0.29, 0.717) is 18.7 Å². The number of hydrogen-bond donors (Lipinski definition) is 0. The smallest absolute Gasteiger partial charge is 0.338 e. The van der Waals surface area contributed by atoms with Gasteiger partial charge in [-0.3, -0.25) is 4.79 Å². The summed E-state index contributed by atoms with van der Waals surface area (Å²) < 4.78 is 37.0. The van der Waals surface area contributed by atoms with E-state index in [1.54, 1.807) is 18.2 Å². The second-order valence-corrected chi connectivity index (χ2v) is 8.72. The quantitative estimate of drug-likeness (QED) is 0.455. The predicted molar refractivity (Wildman–Crippen MR) is 105 cm³/mol. The number of fused-ring (bicyclic) bond motifs is 1. The molecule has 2 aromatic carbocycles. The molecule has 0 saturated carbocycles. The van der Waals surface area contributed by atoms with Crippen molar-refractivity contribution in [2.45, 2.75) is 17.7 Å². The number of esters is 1. The van der Waals surface area contributed by atoms with Crippen molar-refractivity contribution >= 4 is 32.7 Å². The first-order chi connectivity index (χ1) is 13.9. The van der Waals surface area contributed by atoms with E-state index in [4.69, 9.17) is 9.15 Å². The van der Waals surface area contributed by atoms with Crippen LogP contribution in [0.5, 0.6) is 0 Å². The van der Waals surface area contributed by atoms with E-state index in [2.05, 4.69) is 0 Å². The van der Waals surface area contributed by atoms with Crippen LogP contribution >= 0.6 is 0 Å². The van der Waals surface area contributed by atoms with Gasteiger partial charge < -0.3 is 9.15 Å². The molecule has 0 unspecified atom stereocenters. The molecule has 0 aliphatic carbocycles. The summed E-state index contributed by atoms with van der Waals surface area (Å²) in [6, 6.07) is 14.3. The highest BCUT2D eigenvalue weighted by atomic mass is 32.2. The molecule has 1 aromatic heterocycles. The molecule has 0 atom stereocenters. The minimum atomic E-state index is -3.54. The number of rotatable bonds is 6. The van der Waals surface area contributed by atoms with Crippen LogP contribution in [-0.2, 0) is 14.8 Å². The molecule has 0 bridgehead atoms.